The van der Waals surface area contributed by atoms with Gasteiger partial charge in [-0.1, -0.05) is 190 Å². The molecule has 74 heavy (non-hydrogen) atoms. The Morgan fingerprint density at radius 2 is 0.770 bits per heavy atom. The van der Waals surface area contributed by atoms with Crippen LogP contribution in [-0.2, 0) is 5.41 Å². The maximum absolute atomic E-state index is 2.52. The molecular weight excluding hydrogens is 913 g/mol. The average molecular weight is 961 g/mol. The van der Waals surface area contributed by atoms with Crippen molar-refractivity contribution in [1.82, 2.24) is 0 Å². The molecule has 0 unspecified atom stereocenters. The SMILES string of the molecule is CC1(C)c2cc(N(c3ccccc3)c3cccc4ccccc34)ccc2-c2ccc(N(c3ccc4c5ccccc5c5ccccc5c4c3)c3ccc(-c4ccc5sc6ccccc6c5c4)c4ccccc34)cc21. The molecule has 0 saturated carbocycles. The van der Waals surface area contributed by atoms with E-state index in [0.717, 1.165) is 34.1 Å². The Kier molecular flexibility index (Phi) is 9.51. The van der Waals surface area contributed by atoms with Crippen molar-refractivity contribution in [2.24, 2.45) is 0 Å². The number of para-hydroxylation sites is 1. The van der Waals surface area contributed by atoms with E-state index in [0.29, 0.717) is 0 Å². The highest BCUT2D eigenvalue weighted by Gasteiger charge is 2.37. The van der Waals surface area contributed by atoms with Gasteiger partial charge in [-0.15, -0.1) is 11.3 Å². The fourth-order valence-electron chi connectivity index (χ4n) is 12.5. The van der Waals surface area contributed by atoms with Crippen LogP contribution in [0.25, 0.3) is 96.3 Å². The third-order valence-corrected chi connectivity index (χ3v) is 17.1. The molecule has 0 saturated heterocycles. The van der Waals surface area contributed by atoms with Crippen molar-refractivity contribution in [1.29, 1.82) is 0 Å². The number of fused-ring (bicyclic) bond motifs is 14. The fraction of sp³-hybridized carbons (Fsp3) is 0.0423. The standard InChI is InChI=1S/C71H48N2S/c1-71(2)65-43-49(72(47-19-4-3-5-20-47)67-29-16-18-45-17-6-7-21-52(45)67)33-36-59(65)60-37-34-50(44-66(60)71)73(48-32-35-58-56-25-9-8-23-54(56)55-24-10-11-26-57(55)63(58)42-48)68-39-38-51(53-22-12-13-27-61(53)68)46-31-40-70-64(41-46)62-28-14-15-30-69(62)74-70/h3-44H,1-2H3. The van der Waals surface area contributed by atoms with E-state index in [9.17, 15) is 0 Å². The minimum absolute atomic E-state index is 0.307. The lowest BCUT2D eigenvalue weighted by atomic mass is 9.82. The van der Waals surface area contributed by atoms with Gasteiger partial charge in [0.05, 0.1) is 11.4 Å². The molecular formula is C71H48N2S. The third-order valence-electron chi connectivity index (χ3n) is 16.0. The Labute approximate surface area is 434 Å². The molecule has 0 N–H and O–H groups in total. The van der Waals surface area contributed by atoms with Gasteiger partial charge in [-0.2, -0.15) is 0 Å². The Morgan fingerprint density at radius 3 is 1.47 bits per heavy atom. The lowest BCUT2D eigenvalue weighted by Gasteiger charge is -2.30. The summed E-state index contributed by atoms with van der Waals surface area (Å²) in [6, 6.07) is 94.9. The van der Waals surface area contributed by atoms with Gasteiger partial charge < -0.3 is 9.80 Å². The summed E-state index contributed by atoms with van der Waals surface area (Å²) in [5.74, 6) is 0. The first-order valence-electron chi connectivity index (χ1n) is 25.7. The first kappa shape index (κ1) is 42.6. The van der Waals surface area contributed by atoms with Gasteiger partial charge in [-0.05, 0) is 155 Å². The zero-order chi connectivity index (χ0) is 49.1. The number of anilines is 6. The molecule has 1 aromatic heterocycles. The zero-order valence-corrected chi connectivity index (χ0v) is 41.9. The maximum atomic E-state index is 2.52. The highest BCUT2D eigenvalue weighted by atomic mass is 32.1. The number of rotatable bonds is 7. The molecule has 1 heterocycles. The number of thiophene rings is 1. The molecule has 0 spiro atoms. The Balaban J connectivity index is 0.920. The second kappa shape index (κ2) is 16.5. The molecule has 0 atom stereocenters. The Morgan fingerprint density at radius 1 is 0.284 bits per heavy atom. The third kappa shape index (κ3) is 6.50. The number of hydrogen-bond donors (Lipinski definition) is 0. The second-order valence-corrected chi connectivity index (χ2v) is 21.5. The van der Waals surface area contributed by atoms with Gasteiger partial charge >= 0.3 is 0 Å². The summed E-state index contributed by atoms with van der Waals surface area (Å²) >= 11 is 1.87. The van der Waals surface area contributed by atoms with E-state index in [4.69, 9.17) is 0 Å². The largest absolute Gasteiger partial charge is 0.310 e. The van der Waals surface area contributed by atoms with Crippen molar-refractivity contribution < 1.29 is 0 Å². The lowest BCUT2D eigenvalue weighted by Crippen LogP contribution is -2.18. The molecule has 0 amide bonds. The van der Waals surface area contributed by atoms with Crippen molar-refractivity contribution in [2.75, 3.05) is 9.80 Å². The predicted molar refractivity (Wildman–Crippen MR) is 319 cm³/mol. The first-order valence-corrected chi connectivity index (χ1v) is 26.5. The first-order chi connectivity index (χ1) is 36.5. The van der Waals surface area contributed by atoms with Crippen LogP contribution in [0.2, 0.25) is 0 Å². The van der Waals surface area contributed by atoms with E-state index < -0.39 is 0 Å². The van der Waals surface area contributed by atoms with Gasteiger partial charge in [0.25, 0.3) is 0 Å². The molecule has 13 aromatic carbocycles. The predicted octanol–water partition coefficient (Wildman–Crippen LogP) is 20.7. The Bertz CT molecular complexity index is 4560. The van der Waals surface area contributed by atoms with E-state index in [1.807, 2.05) is 11.3 Å². The fourth-order valence-corrected chi connectivity index (χ4v) is 13.6. The molecule has 348 valence electrons. The molecule has 0 bridgehead atoms. The molecule has 2 nitrogen and oxygen atoms in total. The summed E-state index contributed by atoms with van der Waals surface area (Å²) in [5.41, 5.74) is 14.2. The normalized spacial score (nSPS) is 12.8. The highest BCUT2D eigenvalue weighted by Crippen LogP contribution is 2.54. The van der Waals surface area contributed by atoms with E-state index in [1.54, 1.807) is 0 Å². The van der Waals surface area contributed by atoms with Gasteiger partial charge in [-0.25, -0.2) is 0 Å². The van der Waals surface area contributed by atoms with Crippen molar-refractivity contribution in [2.45, 2.75) is 19.3 Å². The molecule has 1 aliphatic rings. The summed E-state index contributed by atoms with van der Waals surface area (Å²) in [7, 11) is 0. The van der Waals surface area contributed by atoms with Crippen molar-refractivity contribution in [3.63, 3.8) is 0 Å². The summed E-state index contributed by atoms with van der Waals surface area (Å²) in [6.07, 6.45) is 0. The number of nitrogens with zero attached hydrogens (tertiary/aromatic N) is 2. The minimum Gasteiger partial charge on any atom is -0.310 e. The van der Waals surface area contributed by atoms with Crippen LogP contribution in [0.15, 0.2) is 255 Å². The zero-order valence-electron chi connectivity index (χ0n) is 41.1. The quantitative estimate of drug-likeness (QED) is 0.147. The maximum Gasteiger partial charge on any atom is 0.0540 e. The second-order valence-electron chi connectivity index (χ2n) is 20.4. The van der Waals surface area contributed by atoms with Gasteiger partial charge in [0.2, 0.25) is 0 Å². The van der Waals surface area contributed by atoms with E-state index in [2.05, 4.69) is 278 Å². The van der Waals surface area contributed by atoms with E-state index in [-0.39, 0.29) is 5.41 Å². The van der Waals surface area contributed by atoms with Crippen LogP contribution in [0.1, 0.15) is 25.0 Å². The van der Waals surface area contributed by atoms with Crippen LogP contribution in [0.4, 0.5) is 34.1 Å². The summed E-state index contributed by atoms with van der Waals surface area (Å²) in [6.45, 7) is 4.82. The molecule has 0 radical (unpaired) electrons. The highest BCUT2D eigenvalue weighted by molar-refractivity contribution is 7.25. The minimum atomic E-state index is -0.307. The van der Waals surface area contributed by atoms with Crippen molar-refractivity contribution in [3.8, 4) is 22.3 Å². The van der Waals surface area contributed by atoms with E-state index >= 15 is 0 Å². The van der Waals surface area contributed by atoms with Gasteiger partial charge in [0.1, 0.15) is 0 Å². The summed E-state index contributed by atoms with van der Waals surface area (Å²) in [4.78, 5) is 4.95. The molecule has 15 rings (SSSR count). The molecule has 0 aliphatic heterocycles. The Hall–Kier alpha value is -9.02. The summed E-state index contributed by atoms with van der Waals surface area (Å²) in [5, 5.41) is 15.1. The van der Waals surface area contributed by atoms with Gasteiger partial charge in [0.15, 0.2) is 0 Å². The average Bonchev–Trinajstić information content (AvgIpc) is 3.94. The van der Waals surface area contributed by atoms with Crippen LogP contribution in [-0.4, -0.2) is 0 Å². The lowest BCUT2D eigenvalue weighted by molar-refractivity contribution is 0.660. The number of benzene rings is 13. The van der Waals surface area contributed by atoms with Crippen LogP contribution in [0.3, 0.4) is 0 Å². The van der Waals surface area contributed by atoms with Crippen molar-refractivity contribution >= 4 is 119 Å². The van der Waals surface area contributed by atoms with Crippen LogP contribution in [0, 0.1) is 0 Å². The molecule has 1 aliphatic carbocycles. The van der Waals surface area contributed by atoms with Crippen molar-refractivity contribution in [3.05, 3.63) is 266 Å². The van der Waals surface area contributed by atoms with E-state index in [1.165, 1.54) is 107 Å². The molecule has 14 aromatic rings. The topological polar surface area (TPSA) is 6.48 Å². The molecule has 3 heteroatoms. The monoisotopic (exact) mass is 960 g/mol. The number of hydrogen-bond acceptors (Lipinski definition) is 3. The van der Waals surface area contributed by atoms with Crippen LogP contribution in [0.5, 0.6) is 0 Å². The molecule has 0 fully saturated rings. The van der Waals surface area contributed by atoms with Crippen LogP contribution >= 0.6 is 11.3 Å². The smallest absolute Gasteiger partial charge is 0.0540 e. The van der Waals surface area contributed by atoms with Gasteiger partial charge in [-0.3, -0.25) is 0 Å². The van der Waals surface area contributed by atoms with Gasteiger partial charge in [0, 0.05) is 59.1 Å². The summed E-state index contributed by atoms with van der Waals surface area (Å²) < 4.78 is 2.64. The van der Waals surface area contributed by atoms with Crippen LogP contribution < -0.4 is 9.80 Å².